The Morgan fingerprint density at radius 2 is 1.65 bits per heavy atom. The fraction of sp³-hybridized carbons (Fsp3) is 0.944. The minimum Gasteiger partial charge on any atom is -0.378 e. The second kappa shape index (κ2) is 7.08. The fourth-order valence-corrected chi connectivity index (χ4v) is 4.99. The van der Waals surface area contributed by atoms with Crippen molar-refractivity contribution in [2.75, 3.05) is 32.8 Å². The molecule has 0 unspecified atom stereocenters. The van der Waals surface area contributed by atoms with Crippen LogP contribution in [0.2, 0.25) is 0 Å². The maximum Gasteiger partial charge on any atom is 0.251 e. The van der Waals surface area contributed by atoms with Crippen LogP contribution in [-0.2, 0) is 14.3 Å². The van der Waals surface area contributed by atoms with Crippen molar-refractivity contribution >= 4 is 5.91 Å². The Morgan fingerprint density at radius 1 is 0.870 bits per heavy atom. The Kier molecular flexibility index (Phi) is 4.88. The lowest BCUT2D eigenvalue weighted by molar-refractivity contribution is -0.158. The SMILES string of the molecule is O=C([C@H]1CC[C@@H]2[C@@H](CCN2C2CCCCC2)O1)N1CCOCC1. The number of likely N-dealkylation sites (tertiary alicyclic amines) is 1. The molecule has 4 rings (SSSR count). The van der Waals surface area contributed by atoms with Gasteiger partial charge in [-0.25, -0.2) is 0 Å². The molecule has 1 amide bonds. The molecule has 1 saturated carbocycles. The first kappa shape index (κ1) is 15.9. The number of hydrogen-bond donors (Lipinski definition) is 0. The number of carbonyl (C=O) groups is 1. The van der Waals surface area contributed by atoms with Gasteiger partial charge in [0.25, 0.3) is 5.91 Å². The Labute approximate surface area is 139 Å². The molecule has 0 spiro atoms. The van der Waals surface area contributed by atoms with E-state index in [0.29, 0.717) is 19.3 Å². The van der Waals surface area contributed by atoms with Crippen molar-refractivity contribution in [3.05, 3.63) is 0 Å². The predicted molar refractivity (Wildman–Crippen MR) is 87.3 cm³/mol. The van der Waals surface area contributed by atoms with Crippen LogP contribution >= 0.6 is 0 Å². The summed E-state index contributed by atoms with van der Waals surface area (Å²) in [5.74, 6) is 0.197. The molecule has 23 heavy (non-hydrogen) atoms. The summed E-state index contributed by atoms with van der Waals surface area (Å²) in [6, 6.07) is 1.33. The smallest absolute Gasteiger partial charge is 0.251 e. The van der Waals surface area contributed by atoms with E-state index in [9.17, 15) is 4.79 Å². The Morgan fingerprint density at radius 3 is 2.43 bits per heavy atom. The fourth-order valence-electron chi connectivity index (χ4n) is 4.99. The van der Waals surface area contributed by atoms with Crippen molar-refractivity contribution in [1.29, 1.82) is 0 Å². The van der Waals surface area contributed by atoms with Crippen LogP contribution in [0.3, 0.4) is 0 Å². The summed E-state index contributed by atoms with van der Waals surface area (Å²) in [6.45, 7) is 3.94. The van der Waals surface area contributed by atoms with Gasteiger partial charge < -0.3 is 14.4 Å². The molecule has 130 valence electrons. The van der Waals surface area contributed by atoms with Gasteiger partial charge in [-0.3, -0.25) is 9.69 Å². The summed E-state index contributed by atoms with van der Waals surface area (Å²) in [6.07, 6.45) is 10.1. The van der Waals surface area contributed by atoms with E-state index in [0.717, 1.165) is 38.4 Å². The molecule has 4 fully saturated rings. The Balaban J connectivity index is 1.34. The van der Waals surface area contributed by atoms with Gasteiger partial charge in [0, 0.05) is 31.7 Å². The number of nitrogens with zero attached hydrogens (tertiary/aromatic N) is 2. The average Bonchev–Trinajstić information content (AvgIpc) is 3.06. The van der Waals surface area contributed by atoms with Gasteiger partial charge in [0.1, 0.15) is 6.10 Å². The van der Waals surface area contributed by atoms with Gasteiger partial charge in [-0.1, -0.05) is 19.3 Å². The molecule has 3 atom stereocenters. The van der Waals surface area contributed by atoms with E-state index in [-0.39, 0.29) is 18.1 Å². The van der Waals surface area contributed by atoms with E-state index in [1.54, 1.807) is 0 Å². The highest BCUT2D eigenvalue weighted by Crippen LogP contribution is 2.36. The number of amides is 1. The zero-order valence-corrected chi connectivity index (χ0v) is 14.1. The molecule has 5 heteroatoms. The standard InChI is InChI=1S/C18H30N2O3/c21-18(19-10-12-22-13-11-19)17-7-6-15-16(23-17)8-9-20(15)14-4-2-1-3-5-14/h14-17H,1-13H2/t15-,16-,17-/m1/s1. The number of fused-ring (bicyclic) bond motifs is 1. The summed E-state index contributed by atoms with van der Waals surface area (Å²) in [5, 5.41) is 0. The minimum absolute atomic E-state index is 0.197. The summed E-state index contributed by atoms with van der Waals surface area (Å²) in [7, 11) is 0. The van der Waals surface area contributed by atoms with E-state index in [1.807, 2.05) is 4.90 Å². The van der Waals surface area contributed by atoms with Crippen LogP contribution in [0, 0.1) is 0 Å². The van der Waals surface area contributed by atoms with Crippen molar-refractivity contribution in [3.8, 4) is 0 Å². The normalized spacial score (nSPS) is 36.9. The molecule has 1 aliphatic carbocycles. The maximum atomic E-state index is 12.7. The van der Waals surface area contributed by atoms with Gasteiger partial charge in [-0.15, -0.1) is 0 Å². The van der Waals surface area contributed by atoms with Crippen LogP contribution in [0.1, 0.15) is 51.4 Å². The molecule has 3 aliphatic heterocycles. The first-order chi connectivity index (χ1) is 11.3. The summed E-state index contributed by atoms with van der Waals surface area (Å²) < 4.78 is 11.6. The largest absolute Gasteiger partial charge is 0.378 e. The Hall–Kier alpha value is -0.650. The van der Waals surface area contributed by atoms with Crippen molar-refractivity contribution < 1.29 is 14.3 Å². The van der Waals surface area contributed by atoms with Crippen LogP contribution < -0.4 is 0 Å². The van der Waals surface area contributed by atoms with Crippen LogP contribution in [0.25, 0.3) is 0 Å². The van der Waals surface area contributed by atoms with Crippen molar-refractivity contribution in [3.63, 3.8) is 0 Å². The maximum absolute atomic E-state index is 12.7. The second-order valence-electron chi connectivity index (χ2n) is 7.56. The summed E-state index contributed by atoms with van der Waals surface area (Å²) in [5.41, 5.74) is 0. The third-order valence-corrected chi connectivity index (χ3v) is 6.23. The van der Waals surface area contributed by atoms with E-state index >= 15 is 0 Å². The Bertz CT molecular complexity index is 418. The lowest BCUT2D eigenvalue weighted by Crippen LogP contribution is -2.52. The van der Waals surface area contributed by atoms with E-state index in [2.05, 4.69) is 4.90 Å². The van der Waals surface area contributed by atoms with Crippen molar-refractivity contribution in [2.24, 2.45) is 0 Å². The number of ether oxygens (including phenoxy) is 2. The van der Waals surface area contributed by atoms with E-state index in [4.69, 9.17) is 9.47 Å². The molecule has 0 radical (unpaired) electrons. The molecule has 0 aromatic carbocycles. The van der Waals surface area contributed by atoms with E-state index in [1.165, 1.54) is 38.6 Å². The molecular formula is C18H30N2O3. The average molecular weight is 322 g/mol. The molecule has 3 heterocycles. The molecule has 5 nitrogen and oxygen atoms in total. The van der Waals surface area contributed by atoms with Gasteiger partial charge in [0.15, 0.2) is 0 Å². The molecule has 0 aromatic rings. The van der Waals surface area contributed by atoms with Crippen molar-refractivity contribution in [1.82, 2.24) is 9.80 Å². The predicted octanol–water partition coefficient (Wildman–Crippen LogP) is 1.80. The first-order valence-corrected chi connectivity index (χ1v) is 9.60. The lowest BCUT2D eigenvalue weighted by atomic mass is 9.92. The molecule has 3 saturated heterocycles. The topological polar surface area (TPSA) is 42.0 Å². The molecule has 0 aromatic heterocycles. The van der Waals surface area contributed by atoms with Crippen molar-refractivity contribution in [2.45, 2.75) is 75.7 Å². The molecular weight excluding hydrogens is 292 g/mol. The zero-order chi connectivity index (χ0) is 15.6. The highest BCUT2D eigenvalue weighted by molar-refractivity contribution is 5.81. The number of hydrogen-bond acceptors (Lipinski definition) is 4. The zero-order valence-electron chi connectivity index (χ0n) is 14.1. The van der Waals surface area contributed by atoms with Crippen LogP contribution in [-0.4, -0.2) is 72.8 Å². The highest BCUT2D eigenvalue weighted by Gasteiger charge is 2.44. The number of carbonyl (C=O) groups excluding carboxylic acids is 1. The van der Waals surface area contributed by atoms with E-state index < -0.39 is 0 Å². The van der Waals surface area contributed by atoms with Crippen LogP contribution in [0.4, 0.5) is 0 Å². The third-order valence-electron chi connectivity index (χ3n) is 6.23. The lowest BCUT2D eigenvalue weighted by Gasteiger charge is -2.41. The van der Waals surface area contributed by atoms with Gasteiger partial charge >= 0.3 is 0 Å². The van der Waals surface area contributed by atoms with Gasteiger partial charge in [0.2, 0.25) is 0 Å². The number of rotatable bonds is 2. The quantitative estimate of drug-likeness (QED) is 0.777. The number of morpholine rings is 1. The van der Waals surface area contributed by atoms with Crippen LogP contribution in [0.15, 0.2) is 0 Å². The van der Waals surface area contributed by atoms with Crippen LogP contribution in [0.5, 0.6) is 0 Å². The van der Waals surface area contributed by atoms with Gasteiger partial charge in [-0.2, -0.15) is 0 Å². The molecule has 0 N–H and O–H groups in total. The minimum atomic E-state index is -0.208. The molecule has 4 aliphatic rings. The second-order valence-corrected chi connectivity index (χ2v) is 7.56. The summed E-state index contributed by atoms with van der Waals surface area (Å²) in [4.78, 5) is 17.3. The van der Waals surface area contributed by atoms with Gasteiger partial charge in [-0.05, 0) is 32.1 Å². The molecule has 0 bridgehead atoms. The van der Waals surface area contributed by atoms with Gasteiger partial charge in [0.05, 0.1) is 19.3 Å². The highest BCUT2D eigenvalue weighted by atomic mass is 16.5. The summed E-state index contributed by atoms with van der Waals surface area (Å²) >= 11 is 0. The first-order valence-electron chi connectivity index (χ1n) is 9.60. The monoisotopic (exact) mass is 322 g/mol. The third kappa shape index (κ3) is 3.28.